The molecule has 0 unspecified atom stereocenters. The molecule has 170 valence electrons. The molecule has 0 saturated heterocycles. The van der Waals surface area contributed by atoms with E-state index < -0.39 is 9.84 Å². The Balaban J connectivity index is 1.80. The first kappa shape index (κ1) is 21.6. The van der Waals surface area contributed by atoms with Gasteiger partial charge in [0.05, 0.1) is 22.1 Å². The van der Waals surface area contributed by atoms with Gasteiger partial charge in [-0.2, -0.15) is 9.78 Å². The van der Waals surface area contributed by atoms with Crippen LogP contribution in [0.1, 0.15) is 16.7 Å². The Hall–Kier alpha value is -4.24. The van der Waals surface area contributed by atoms with Crippen molar-refractivity contribution in [1.82, 2.24) is 14.6 Å². The fourth-order valence-electron chi connectivity index (χ4n) is 3.73. The Morgan fingerprint density at radius 2 is 1.68 bits per heavy atom. The lowest BCUT2D eigenvalue weighted by atomic mass is 10.1. The number of rotatable bonds is 4. The van der Waals surface area contributed by atoms with Crippen LogP contribution in [0.3, 0.4) is 0 Å². The number of fused-ring (bicyclic) bond motifs is 2. The van der Waals surface area contributed by atoms with Gasteiger partial charge in [0.1, 0.15) is 22.0 Å². The third-order valence-corrected chi connectivity index (χ3v) is 7.49. The molecule has 3 aromatic carbocycles. The maximum absolute atomic E-state index is 13.8. The molecular formula is C25H21N5O3S. The zero-order valence-corrected chi connectivity index (χ0v) is 19.3. The first-order chi connectivity index (χ1) is 16.3. The zero-order chi connectivity index (χ0) is 24.0. The van der Waals surface area contributed by atoms with E-state index in [0.717, 1.165) is 11.1 Å². The van der Waals surface area contributed by atoms with E-state index in [1.807, 2.05) is 19.9 Å². The predicted octanol–water partition coefficient (Wildman–Crippen LogP) is 4.20. The summed E-state index contributed by atoms with van der Waals surface area (Å²) in [5.74, 6) is -0.0157. The number of hydrogen-bond acceptors (Lipinski definition) is 7. The van der Waals surface area contributed by atoms with Crippen LogP contribution < -0.4 is 5.73 Å². The third kappa shape index (κ3) is 3.56. The van der Waals surface area contributed by atoms with E-state index in [9.17, 15) is 13.5 Å². The van der Waals surface area contributed by atoms with Crippen molar-refractivity contribution in [3.05, 3.63) is 83.4 Å². The minimum Gasteiger partial charge on any atom is -0.508 e. The highest BCUT2D eigenvalue weighted by Crippen LogP contribution is 2.35. The van der Waals surface area contributed by atoms with Gasteiger partial charge in [-0.15, -0.1) is 0 Å². The lowest BCUT2D eigenvalue weighted by Gasteiger charge is -2.07. The molecule has 3 N–H and O–H groups in total. The minimum absolute atomic E-state index is 0.0816. The largest absolute Gasteiger partial charge is 0.508 e. The summed E-state index contributed by atoms with van der Waals surface area (Å²) >= 11 is 0. The Kier molecular flexibility index (Phi) is 5.06. The maximum Gasteiger partial charge on any atom is 0.212 e. The van der Waals surface area contributed by atoms with Crippen LogP contribution in [0.2, 0.25) is 0 Å². The SMILES string of the molecule is Cc1ccc(S(=O)(=O)c2c(N)n(N=Cc3cccc(O)c3)c3nc4ccccc4nc23)cc1C. The zero-order valence-electron chi connectivity index (χ0n) is 18.5. The summed E-state index contributed by atoms with van der Waals surface area (Å²) in [6.45, 7) is 3.77. The molecule has 0 bridgehead atoms. The number of sulfone groups is 1. The lowest BCUT2D eigenvalue weighted by Crippen LogP contribution is -2.07. The molecule has 0 fully saturated rings. The summed E-state index contributed by atoms with van der Waals surface area (Å²) < 4.78 is 28.8. The standard InChI is InChI=1S/C25H21N5O3S/c1-15-10-11-19(12-16(15)2)34(32,33)23-22-25(29-21-9-4-3-8-20(21)28-22)30(24(23)26)27-14-17-6-5-7-18(31)13-17/h3-14,31H,26H2,1-2H3. The number of aromatic nitrogens is 3. The number of para-hydroxylation sites is 2. The number of aromatic hydroxyl groups is 1. The number of hydrogen-bond donors (Lipinski definition) is 2. The van der Waals surface area contributed by atoms with E-state index in [1.165, 1.54) is 17.0 Å². The van der Waals surface area contributed by atoms with Gasteiger partial charge in [0.2, 0.25) is 9.84 Å². The molecule has 0 amide bonds. The van der Waals surface area contributed by atoms with Gasteiger partial charge in [-0.1, -0.05) is 30.3 Å². The molecule has 8 nitrogen and oxygen atoms in total. The van der Waals surface area contributed by atoms with Crippen molar-refractivity contribution in [3.8, 4) is 5.75 Å². The quantitative estimate of drug-likeness (QED) is 0.379. The number of nitrogens with two attached hydrogens (primary N) is 1. The number of phenolic OH excluding ortho intramolecular Hbond substituents is 1. The maximum atomic E-state index is 13.8. The summed E-state index contributed by atoms with van der Waals surface area (Å²) in [6.07, 6.45) is 1.47. The van der Waals surface area contributed by atoms with Crippen molar-refractivity contribution in [2.45, 2.75) is 23.6 Å². The molecule has 0 atom stereocenters. The highest BCUT2D eigenvalue weighted by atomic mass is 32.2. The lowest BCUT2D eigenvalue weighted by molar-refractivity contribution is 0.475. The molecule has 0 aliphatic heterocycles. The topological polar surface area (TPSA) is 123 Å². The Morgan fingerprint density at radius 1 is 0.941 bits per heavy atom. The van der Waals surface area contributed by atoms with Crippen LogP contribution in [-0.2, 0) is 9.84 Å². The van der Waals surface area contributed by atoms with E-state index in [1.54, 1.807) is 54.6 Å². The highest BCUT2D eigenvalue weighted by Gasteiger charge is 2.30. The van der Waals surface area contributed by atoms with Crippen molar-refractivity contribution in [1.29, 1.82) is 0 Å². The second kappa shape index (κ2) is 7.96. The molecule has 2 aromatic heterocycles. The van der Waals surface area contributed by atoms with Crippen LogP contribution in [0.5, 0.6) is 5.75 Å². The molecule has 0 radical (unpaired) electrons. The molecule has 5 aromatic rings. The number of benzene rings is 3. The number of nitrogen functional groups attached to an aromatic ring is 1. The summed E-state index contributed by atoms with van der Waals surface area (Å²) in [4.78, 5) is 9.20. The molecule has 5 rings (SSSR count). The first-order valence-electron chi connectivity index (χ1n) is 10.5. The number of phenols is 1. The van der Waals surface area contributed by atoms with Gasteiger partial charge in [-0.3, -0.25) is 0 Å². The Morgan fingerprint density at radius 3 is 2.38 bits per heavy atom. The van der Waals surface area contributed by atoms with Gasteiger partial charge in [0.25, 0.3) is 0 Å². The fraction of sp³-hybridized carbons (Fsp3) is 0.0800. The summed E-state index contributed by atoms with van der Waals surface area (Å²) in [6, 6.07) is 18.6. The van der Waals surface area contributed by atoms with Crippen molar-refractivity contribution >= 4 is 44.1 Å². The first-order valence-corrected chi connectivity index (χ1v) is 12.0. The fourth-order valence-corrected chi connectivity index (χ4v) is 5.30. The van der Waals surface area contributed by atoms with E-state index in [-0.39, 0.29) is 32.5 Å². The second-order valence-electron chi connectivity index (χ2n) is 8.00. The van der Waals surface area contributed by atoms with Gasteiger partial charge < -0.3 is 10.8 Å². The molecule has 2 heterocycles. The van der Waals surface area contributed by atoms with Crippen molar-refractivity contribution in [2.24, 2.45) is 5.10 Å². The van der Waals surface area contributed by atoms with Gasteiger partial charge >= 0.3 is 0 Å². The Bertz CT molecular complexity index is 1720. The summed E-state index contributed by atoms with van der Waals surface area (Å²) in [7, 11) is -4.04. The molecule has 0 aliphatic rings. The van der Waals surface area contributed by atoms with Crippen molar-refractivity contribution in [3.63, 3.8) is 0 Å². The van der Waals surface area contributed by atoms with Crippen molar-refractivity contribution in [2.75, 3.05) is 5.73 Å². The summed E-state index contributed by atoms with van der Waals surface area (Å²) in [5.41, 5.74) is 10.3. The van der Waals surface area contributed by atoms with Gasteiger partial charge in [-0.25, -0.2) is 18.4 Å². The van der Waals surface area contributed by atoms with Crippen LogP contribution in [-0.4, -0.2) is 34.4 Å². The Labute approximate surface area is 195 Å². The molecule has 34 heavy (non-hydrogen) atoms. The molecule has 0 aliphatic carbocycles. The summed E-state index contributed by atoms with van der Waals surface area (Å²) in [5, 5.41) is 14.1. The smallest absolute Gasteiger partial charge is 0.212 e. The average molecular weight is 472 g/mol. The van der Waals surface area contributed by atoms with E-state index in [4.69, 9.17) is 5.73 Å². The second-order valence-corrected chi connectivity index (χ2v) is 9.89. The van der Waals surface area contributed by atoms with E-state index in [0.29, 0.717) is 16.6 Å². The molecule has 0 saturated carbocycles. The molecular weight excluding hydrogens is 450 g/mol. The molecule has 9 heteroatoms. The molecule has 0 spiro atoms. The van der Waals surface area contributed by atoms with Gasteiger partial charge in [-0.05, 0) is 66.9 Å². The van der Waals surface area contributed by atoms with Crippen molar-refractivity contribution < 1.29 is 13.5 Å². The van der Waals surface area contributed by atoms with Crippen LogP contribution >= 0.6 is 0 Å². The van der Waals surface area contributed by atoms with Crippen LogP contribution in [0.25, 0.3) is 22.2 Å². The van der Waals surface area contributed by atoms with Gasteiger partial charge in [0, 0.05) is 0 Å². The van der Waals surface area contributed by atoms with Crippen LogP contribution in [0.4, 0.5) is 5.82 Å². The number of anilines is 1. The van der Waals surface area contributed by atoms with Gasteiger partial charge in [0.15, 0.2) is 5.65 Å². The normalized spacial score (nSPS) is 12.2. The monoisotopic (exact) mass is 471 g/mol. The number of aryl methyl sites for hydroxylation is 2. The van der Waals surface area contributed by atoms with E-state index >= 15 is 0 Å². The highest BCUT2D eigenvalue weighted by molar-refractivity contribution is 7.92. The minimum atomic E-state index is -4.04. The van der Waals surface area contributed by atoms with Crippen LogP contribution in [0.15, 0.2) is 81.6 Å². The van der Waals surface area contributed by atoms with E-state index in [2.05, 4.69) is 15.1 Å². The average Bonchev–Trinajstić information content (AvgIpc) is 3.08. The predicted molar refractivity (Wildman–Crippen MR) is 132 cm³/mol. The number of nitrogens with zero attached hydrogens (tertiary/aromatic N) is 4. The third-order valence-electron chi connectivity index (χ3n) is 5.68. The van der Waals surface area contributed by atoms with Crippen LogP contribution in [0, 0.1) is 13.8 Å².